The zero-order valence-corrected chi connectivity index (χ0v) is 10.9. The first-order valence-electron chi connectivity index (χ1n) is 7.03. The van der Waals surface area contributed by atoms with Crippen LogP contribution >= 0.6 is 0 Å². The summed E-state index contributed by atoms with van der Waals surface area (Å²) in [5.41, 5.74) is 5.85. The number of allylic oxidation sites excluding steroid dienone is 1. The van der Waals surface area contributed by atoms with Crippen LogP contribution in [0.4, 0.5) is 0 Å². The third kappa shape index (κ3) is 2.21. The third-order valence-electron chi connectivity index (χ3n) is 4.38. The molecule has 0 spiro atoms. The van der Waals surface area contributed by atoms with Crippen molar-refractivity contribution in [1.29, 1.82) is 0 Å². The van der Waals surface area contributed by atoms with E-state index in [1.807, 2.05) is 6.08 Å². The van der Waals surface area contributed by atoms with Gasteiger partial charge in [0.2, 0.25) is 5.89 Å². The molecule has 4 unspecified atom stereocenters. The van der Waals surface area contributed by atoms with E-state index >= 15 is 0 Å². The molecule has 4 atom stereocenters. The Labute approximate surface area is 108 Å². The average molecular weight is 247 g/mol. The van der Waals surface area contributed by atoms with Crippen molar-refractivity contribution in [2.75, 3.05) is 0 Å². The maximum absolute atomic E-state index is 5.85. The molecular formula is C14H21N3O. The van der Waals surface area contributed by atoms with E-state index < -0.39 is 0 Å². The number of hydrogen-bond acceptors (Lipinski definition) is 4. The highest BCUT2D eigenvalue weighted by molar-refractivity contribution is 5.16. The Morgan fingerprint density at radius 2 is 2.22 bits per heavy atom. The topological polar surface area (TPSA) is 64.9 Å². The molecule has 0 saturated heterocycles. The summed E-state index contributed by atoms with van der Waals surface area (Å²) < 4.78 is 5.41. The Morgan fingerprint density at radius 1 is 1.33 bits per heavy atom. The molecule has 2 aliphatic rings. The van der Waals surface area contributed by atoms with Crippen LogP contribution in [0.3, 0.4) is 0 Å². The Bertz CT molecular complexity index is 440. The molecule has 1 heterocycles. The quantitative estimate of drug-likeness (QED) is 0.834. The van der Waals surface area contributed by atoms with Crippen LogP contribution in [0.5, 0.6) is 0 Å². The average Bonchev–Trinajstić information content (AvgIpc) is 3.07. The fourth-order valence-corrected chi connectivity index (χ4v) is 3.15. The normalized spacial score (nSPS) is 35.4. The molecule has 98 valence electrons. The standard InChI is InChI=1S/C14H21N3O/c1-2-9-3-4-10(7-9)13-16-14(18-17-13)11-5-6-12(15)8-11/h5-6,9-12H,2-4,7-8,15H2,1H3. The van der Waals surface area contributed by atoms with Gasteiger partial charge in [0.05, 0.1) is 5.92 Å². The van der Waals surface area contributed by atoms with Gasteiger partial charge in [-0.2, -0.15) is 4.98 Å². The highest BCUT2D eigenvalue weighted by Gasteiger charge is 2.30. The van der Waals surface area contributed by atoms with Gasteiger partial charge < -0.3 is 10.3 Å². The maximum Gasteiger partial charge on any atom is 0.233 e. The third-order valence-corrected chi connectivity index (χ3v) is 4.38. The van der Waals surface area contributed by atoms with E-state index in [-0.39, 0.29) is 12.0 Å². The number of nitrogens with two attached hydrogens (primary N) is 1. The predicted octanol–water partition coefficient (Wildman–Crippen LogP) is 2.73. The maximum atomic E-state index is 5.85. The van der Waals surface area contributed by atoms with Gasteiger partial charge in [-0.15, -0.1) is 0 Å². The van der Waals surface area contributed by atoms with Gasteiger partial charge in [0, 0.05) is 12.0 Å². The second-order valence-electron chi connectivity index (χ2n) is 5.67. The highest BCUT2D eigenvalue weighted by atomic mass is 16.5. The second kappa shape index (κ2) is 4.84. The van der Waals surface area contributed by atoms with Gasteiger partial charge in [-0.25, -0.2) is 0 Å². The molecule has 1 fully saturated rings. The fraction of sp³-hybridized carbons (Fsp3) is 0.714. The minimum atomic E-state index is 0.140. The fourth-order valence-electron chi connectivity index (χ4n) is 3.15. The summed E-state index contributed by atoms with van der Waals surface area (Å²) in [6.07, 6.45) is 10.0. The number of nitrogens with zero attached hydrogens (tertiary/aromatic N) is 2. The van der Waals surface area contributed by atoms with E-state index in [9.17, 15) is 0 Å². The molecule has 2 aliphatic carbocycles. The van der Waals surface area contributed by atoms with Crippen molar-refractivity contribution < 1.29 is 4.52 Å². The molecule has 0 bridgehead atoms. The van der Waals surface area contributed by atoms with Crippen molar-refractivity contribution in [3.63, 3.8) is 0 Å². The molecule has 0 radical (unpaired) electrons. The van der Waals surface area contributed by atoms with Crippen LogP contribution in [0.25, 0.3) is 0 Å². The number of aromatic nitrogens is 2. The summed E-state index contributed by atoms with van der Waals surface area (Å²) in [7, 11) is 0. The van der Waals surface area contributed by atoms with Crippen LogP contribution in [0.2, 0.25) is 0 Å². The molecule has 1 saturated carbocycles. The lowest BCUT2D eigenvalue weighted by molar-refractivity contribution is 0.356. The van der Waals surface area contributed by atoms with Crippen LogP contribution in [0.15, 0.2) is 16.7 Å². The zero-order chi connectivity index (χ0) is 12.5. The van der Waals surface area contributed by atoms with Crippen molar-refractivity contribution in [2.24, 2.45) is 11.7 Å². The van der Waals surface area contributed by atoms with Gasteiger partial charge in [-0.3, -0.25) is 0 Å². The van der Waals surface area contributed by atoms with E-state index in [1.165, 1.54) is 25.7 Å². The molecular weight excluding hydrogens is 226 g/mol. The second-order valence-corrected chi connectivity index (χ2v) is 5.67. The van der Waals surface area contributed by atoms with Crippen molar-refractivity contribution in [1.82, 2.24) is 10.1 Å². The van der Waals surface area contributed by atoms with E-state index in [0.717, 1.165) is 24.1 Å². The van der Waals surface area contributed by atoms with E-state index in [1.54, 1.807) is 0 Å². The lowest BCUT2D eigenvalue weighted by Gasteiger charge is -2.05. The molecule has 4 nitrogen and oxygen atoms in total. The number of rotatable bonds is 3. The summed E-state index contributed by atoms with van der Waals surface area (Å²) >= 11 is 0. The van der Waals surface area contributed by atoms with Crippen LogP contribution in [-0.4, -0.2) is 16.2 Å². The van der Waals surface area contributed by atoms with Crippen LogP contribution < -0.4 is 5.73 Å². The molecule has 0 aliphatic heterocycles. The van der Waals surface area contributed by atoms with E-state index in [2.05, 4.69) is 23.1 Å². The molecule has 4 heteroatoms. The van der Waals surface area contributed by atoms with Gasteiger partial charge in [-0.05, 0) is 31.6 Å². The van der Waals surface area contributed by atoms with Gasteiger partial charge in [0.25, 0.3) is 0 Å². The SMILES string of the molecule is CCC1CCC(c2noc(C3C=CC(N)C3)n2)C1. The smallest absolute Gasteiger partial charge is 0.233 e. The minimum absolute atomic E-state index is 0.140. The Balaban J connectivity index is 1.69. The Morgan fingerprint density at radius 3 is 2.89 bits per heavy atom. The predicted molar refractivity (Wildman–Crippen MR) is 69.1 cm³/mol. The van der Waals surface area contributed by atoms with E-state index in [4.69, 9.17) is 10.3 Å². The molecule has 0 aromatic carbocycles. The van der Waals surface area contributed by atoms with Crippen molar-refractivity contribution >= 4 is 0 Å². The lowest BCUT2D eigenvalue weighted by atomic mass is 10.0. The van der Waals surface area contributed by atoms with Crippen LogP contribution in [0.1, 0.15) is 62.6 Å². The molecule has 2 N–H and O–H groups in total. The molecule has 3 rings (SSSR count). The summed E-state index contributed by atoms with van der Waals surface area (Å²) in [4.78, 5) is 4.59. The number of hydrogen-bond donors (Lipinski definition) is 1. The first kappa shape index (κ1) is 11.9. The summed E-state index contributed by atoms with van der Waals surface area (Å²) in [5.74, 6) is 3.23. The lowest BCUT2D eigenvalue weighted by Crippen LogP contribution is -2.14. The molecule has 1 aromatic rings. The Kier molecular flexibility index (Phi) is 3.20. The largest absolute Gasteiger partial charge is 0.339 e. The minimum Gasteiger partial charge on any atom is -0.339 e. The highest BCUT2D eigenvalue weighted by Crippen LogP contribution is 2.39. The van der Waals surface area contributed by atoms with Gasteiger partial charge in [0.1, 0.15) is 0 Å². The molecule has 1 aromatic heterocycles. The monoisotopic (exact) mass is 247 g/mol. The Hall–Kier alpha value is -1.16. The first-order chi connectivity index (χ1) is 8.76. The van der Waals surface area contributed by atoms with Crippen molar-refractivity contribution in [2.45, 2.75) is 56.9 Å². The van der Waals surface area contributed by atoms with Gasteiger partial charge in [-0.1, -0.05) is 30.7 Å². The molecule has 0 amide bonds. The summed E-state index contributed by atoms with van der Waals surface area (Å²) in [6.45, 7) is 2.26. The first-order valence-corrected chi connectivity index (χ1v) is 7.03. The summed E-state index contributed by atoms with van der Waals surface area (Å²) in [5, 5.41) is 4.18. The van der Waals surface area contributed by atoms with Crippen molar-refractivity contribution in [3.05, 3.63) is 23.9 Å². The van der Waals surface area contributed by atoms with Gasteiger partial charge in [0.15, 0.2) is 5.82 Å². The molecule has 18 heavy (non-hydrogen) atoms. The summed E-state index contributed by atoms with van der Waals surface area (Å²) in [6, 6.07) is 0.140. The van der Waals surface area contributed by atoms with E-state index in [0.29, 0.717) is 5.92 Å². The zero-order valence-electron chi connectivity index (χ0n) is 10.9. The van der Waals surface area contributed by atoms with Crippen LogP contribution in [-0.2, 0) is 0 Å². The van der Waals surface area contributed by atoms with Gasteiger partial charge >= 0.3 is 0 Å². The van der Waals surface area contributed by atoms with Crippen LogP contribution in [0, 0.1) is 5.92 Å². The van der Waals surface area contributed by atoms with Crippen molar-refractivity contribution in [3.8, 4) is 0 Å².